The van der Waals surface area contributed by atoms with Gasteiger partial charge in [-0.05, 0) is 57.6 Å². The summed E-state index contributed by atoms with van der Waals surface area (Å²) in [6.45, 7) is 4.38. The molecule has 0 fully saturated rings. The summed E-state index contributed by atoms with van der Waals surface area (Å²) < 4.78 is 178. The molecule has 3 aromatic rings. The Balaban J connectivity index is 2.47. The molecule has 0 spiro atoms. The molecule has 3 aromatic carbocycles. The quantitative estimate of drug-likeness (QED) is 0.0891. The minimum Gasteiger partial charge on any atom is -0.334 e. The van der Waals surface area contributed by atoms with E-state index in [0.717, 1.165) is 0 Å². The standard InChI is InChI=1S/C33H28F12N2O2S2/c1-29(2,3)27(48)26(51(4,5)49)25(11-18-9-7-6-8-10-18)50-28(46-23-14-19(30(34,35)36)12-20(15-23)31(37,38)39)47-24-16-21(32(40,41)42)13-22(17-24)33(43,44)45/h6-17H,1-5H3,(H,46,47)/b25-11+. The van der Waals surface area contributed by atoms with Crippen molar-refractivity contribution in [3.63, 3.8) is 0 Å². The van der Waals surface area contributed by atoms with Crippen molar-refractivity contribution in [3.8, 4) is 0 Å². The molecular weight excluding hydrogens is 748 g/mol. The molecule has 0 amide bonds. The number of nitrogens with zero attached hydrogens (tertiary/aromatic N) is 1. The Morgan fingerprint density at radius 2 is 1.10 bits per heavy atom. The van der Waals surface area contributed by atoms with Crippen LogP contribution in [-0.2, 0) is 39.0 Å². The molecule has 1 N–H and O–H groups in total. The average molecular weight is 777 g/mol. The molecule has 0 aliphatic rings. The van der Waals surface area contributed by atoms with Crippen molar-refractivity contribution in [2.24, 2.45) is 10.4 Å². The lowest BCUT2D eigenvalue weighted by Gasteiger charge is -2.23. The third-order valence-corrected chi connectivity index (χ3v) is 9.00. The van der Waals surface area contributed by atoms with Crippen LogP contribution in [0.2, 0.25) is 0 Å². The number of allylic oxidation sites excluding steroid dienone is 1. The number of hydrogen-bond donors (Lipinski definition) is 1. The van der Waals surface area contributed by atoms with E-state index in [-0.39, 0.29) is 53.1 Å². The van der Waals surface area contributed by atoms with E-state index < -0.39 is 89.1 Å². The third kappa shape index (κ3) is 11.5. The first kappa shape index (κ1) is 41.5. The molecule has 0 aliphatic carbocycles. The van der Waals surface area contributed by atoms with Crippen LogP contribution in [0.1, 0.15) is 48.6 Å². The lowest BCUT2D eigenvalue weighted by atomic mass is 9.88. The first-order valence-corrected chi connectivity index (χ1v) is 17.4. The highest BCUT2D eigenvalue weighted by molar-refractivity contribution is 8.20. The van der Waals surface area contributed by atoms with Gasteiger partial charge in [0.2, 0.25) is 0 Å². The smallest absolute Gasteiger partial charge is 0.334 e. The molecule has 18 heteroatoms. The van der Waals surface area contributed by atoms with E-state index in [2.05, 4.69) is 10.3 Å². The monoisotopic (exact) mass is 776 g/mol. The fraction of sp³-hybridized carbons (Fsp3) is 0.303. The molecule has 4 nitrogen and oxygen atoms in total. The summed E-state index contributed by atoms with van der Waals surface area (Å²) in [7, 11) is -3.31. The number of thioether (sulfide) groups is 1. The predicted octanol–water partition coefficient (Wildman–Crippen LogP) is 11.0. The van der Waals surface area contributed by atoms with Crippen molar-refractivity contribution in [2.45, 2.75) is 45.5 Å². The minimum absolute atomic E-state index is 0.180. The molecule has 0 bridgehead atoms. The molecule has 51 heavy (non-hydrogen) atoms. The maximum Gasteiger partial charge on any atom is 0.416 e. The Labute approximate surface area is 289 Å². The van der Waals surface area contributed by atoms with Gasteiger partial charge in [-0.3, -0.25) is 9.00 Å². The Hall–Kier alpha value is -3.93. The lowest BCUT2D eigenvalue weighted by Crippen LogP contribution is -2.34. The lowest BCUT2D eigenvalue weighted by molar-refractivity contribution is -0.144. The summed E-state index contributed by atoms with van der Waals surface area (Å²) >= 11 is 0.245. The Kier molecular flexibility index (Phi) is 11.9. The van der Waals surface area contributed by atoms with E-state index >= 15 is 0 Å². The maximum atomic E-state index is 13.7. The fourth-order valence-electron chi connectivity index (χ4n) is 4.21. The van der Waals surface area contributed by atoms with Crippen molar-refractivity contribution in [1.82, 2.24) is 0 Å². The molecule has 0 aromatic heterocycles. The second-order valence-electron chi connectivity index (χ2n) is 12.3. The zero-order valence-electron chi connectivity index (χ0n) is 27.0. The van der Waals surface area contributed by atoms with Crippen LogP contribution in [0.4, 0.5) is 64.1 Å². The van der Waals surface area contributed by atoms with Crippen LogP contribution in [0.25, 0.3) is 6.08 Å². The number of anilines is 1. The topological polar surface area (TPSA) is 58.5 Å². The number of aliphatic imine (C=N–C) groups is 1. The maximum absolute atomic E-state index is 13.7. The molecule has 0 atom stereocenters. The van der Waals surface area contributed by atoms with Crippen molar-refractivity contribution in [2.75, 3.05) is 17.8 Å². The van der Waals surface area contributed by atoms with Gasteiger partial charge >= 0.3 is 24.7 Å². The number of ketones is 1. The highest BCUT2D eigenvalue weighted by atomic mass is 32.2. The van der Waals surface area contributed by atoms with Gasteiger partial charge in [0.05, 0.1) is 32.8 Å². The van der Waals surface area contributed by atoms with Crippen LogP contribution >= 0.6 is 11.8 Å². The molecule has 0 radical (unpaired) electrons. The number of carbonyl (C=O) groups is 1. The number of Topliss-reactive ketones (excluding diaryl/α,β-unsaturated/α-hetero) is 1. The van der Waals surface area contributed by atoms with Gasteiger partial charge < -0.3 is 5.32 Å². The largest absolute Gasteiger partial charge is 0.416 e. The normalized spacial score (nSPS) is 14.1. The van der Waals surface area contributed by atoms with E-state index in [1.54, 1.807) is 18.2 Å². The molecule has 0 saturated heterocycles. The number of benzene rings is 3. The number of alkyl halides is 12. The third-order valence-electron chi connectivity index (χ3n) is 6.55. The highest BCUT2D eigenvalue weighted by Gasteiger charge is 2.39. The second kappa shape index (κ2) is 14.6. The molecule has 0 heterocycles. The number of carbonyl (C=O) groups excluding carboxylic acids is 1. The zero-order chi connectivity index (χ0) is 39.0. The first-order chi connectivity index (χ1) is 23.0. The average Bonchev–Trinajstić information content (AvgIpc) is 2.94. The molecule has 0 unspecified atom stereocenters. The SMILES string of the molecule is CC(C)(C)C(=O)C(/C(=C\c1ccccc1)SC(=Nc1cc(C(F)(F)F)cc(C(F)(F)F)c1)Nc1cc(C(F)(F)F)cc(C(F)(F)F)c1)=S(C)(C)=O. The van der Waals surface area contributed by atoms with Gasteiger partial charge in [-0.1, -0.05) is 62.9 Å². The first-order valence-electron chi connectivity index (χ1n) is 14.2. The summed E-state index contributed by atoms with van der Waals surface area (Å²) in [4.78, 5) is 16.9. The van der Waals surface area contributed by atoms with Gasteiger partial charge in [-0.15, -0.1) is 0 Å². The van der Waals surface area contributed by atoms with Crippen LogP contribution in [0.5, 0.6) is 0 Å². The second-order valence-corrected chi connectivity index (χ2v) is 16.2. The summed E-state index contributed by atoms with van der Waals surface area (Å²) in [6, 6.07) is 8.08. The predicted molar refractivity (Wildman–Crippen MR) is 175 cm³/mol. The fourth-order valence-corrected chi connectivity index (χ4v) is 7.14. The van der Waals surface area contributed by atoms with E-state index in [1.165, 1.54) is 51.5 Å². The molecule has 278 valence electrons. The summed E-state index contributed by atoms with van der Waals surface area (Å²) in [5, 5.41) is 1.29. The molecule has 0 aliphatic heterocycles. The molecular formula is C33H28F12N2O2S2. The van der Waals surface area contributed by atoms with Gasteiger partial charge in [-0.25, -0.2) is 4.99 Å². The van der Waals surface area contributed by atoms with Crippen molar-refractivity contribution >= 4 is 54.5 Å². The van der Waals surface area contributed by atoms with E-state index in [1.807, 2.05) is 0 Å². The van der Waals surface area contributed by atoms with Gasteiger partial charge in [0, 0.05) is 28.5 Å². The van der Waals surface area contributed by atoms with Crippen LogP contribution in [0.15, 0.2) is 76.6 Å². The van der Waals surface area contributed by atoms with E-state index in [9.17, 15) is 61.7 Å². The molecule has 0 saturated carbocycles. The summed E-state index contributed by atoms with van der Waals surface area (Å²) in [5.74, 6) is -0.733. The number of halogens is 12. The highest BCUT2D eigenvalue weighted by Crippen LogP contribution is 2.41. The van der Waals surface area contributed by atoms with E-state index in [0.29, 0.717) is 5.56 Å². The van der Waals surface area contributed by atoms with Crippen molar-refractivity contribution < 1.29 is 61.7 Å². The van der Waals surface area contributed by atoms with Crippen molar-refractivity contribution in [1.29, 1.82) is 0 Å². The van der Waals surface area contributed by atoms with Crippen LogP contribution in [0, 0.1) is 5.41 Å². The Morgan fingerprint density at radius 1 is 0.686 bits per heavy atom. The minimum atomic E-state index is -5.34. The van der Waals surface area contributed by atoms with Gasteiger partial charge in [-0.2, -0.15) is 52.7 Å². The van der Waals surface area contributed by atoms with Crippen molar-refractivity contribution in [3.05, 3.63) is 99.5 Å². The Morgan fingerprint density at radius 3 is 1.47 bits per heavy atom. The number of nitrogens with one attached hydrogen (secondary N) is 1. The van der Waals surface area contributed by atoms with Gasteiger partial charge in [0.1, 0.15) is 0 Å². The number of rotatable bonds is 6. The van der Waals surface area contributed by atoms with Crippen LogP contribution < -0.4 is 5.32 Å². The number of amidine groups is 1. The van der Waals surface area contributed by atoms with Crippen LogP contribution in [0.3, 0.4) is 0 Å². The summed E-state index contributed by atoms with van der Waals surface area (Å²) in [6.07, 6.45) is -17.8. The number of hydrogen-bond acceptors (Lipinski definition) is 4. The zero-order valence-corrected chi connectivity index (χ0v) is 28.7. The van der Waals surface area contributed by atoms with Crippen LogP contribution in [-0.4, -0.2) is 32.5 Å². The summed E-state index contributed by atoms with van der Waals surface area (Å²) in [5.41, 5.74) is -10.2. The Bertz CT molecular complexity index is 1890. The molecule has 3 rings (SSSR count). The van der Waals surface area contributed by atoms with E-state index in [4.69, 9.17) is 0 Å². The van der Waals surface area contributed by atoms with Gasteiger partial charge in [0.15, 0.2) is 11.0 Å². The van der Waals surface area contributed by atoms with Gasteiger partial charge in [0.25, 0.3) is 0 Å².